The maximum Gasteiger partial charge on any atom is 0.251 e. The maximum atomic E-state index is 13.0. The van der Waals surface area contributed by atoms with E-state index in [4.69, 9.17) is 0 Å². The lowest BCUT2D eigenvalue weighted by Gasteiger charge is -2.17. The molecular weight excluding hydrogens is 431 g/mol. The van der Waals surface area contributed by atoms with E-state index in [9.17, 15) is 9.18 Å². The summed E-state index contributed by atoms with van der Waals surface area (Å²) in [5, 5.41) is 11.6. The molecule has 1 aromatic heterocycles. The molecule has 2 heterocycles. The largest absolute Gasteiger partial charge is 0.378 e. The Morgan fingerprint density at radius 1 is 1.06 bits per heavy atom. The van der Waals surface area contributed by atoms with Gasteiger partial charge in [-0.3, -0.25) is 9.69 Å². The molecule has 1 N–H and O–H groups in total. The third kappa shape index (κ3) is 6.08. The Kier molecular flexibility index (Phi) is 7.69. The summed E-state index contributed by atoms with van der Waals surface area (Å²) >= 11 is 0. The molecule has 0 unspecified atom stereocenters. The zero-order valence-electron chi connectivity index (χ0n) is 19.7. The first kappa shape index (κ1) is 23.6. The second-order valence-corrected chi connectivity index (χ2v) is 8.64. The van der Waals surface area contributed by atoms with Crippen LogP contribution in [0.3, 0.4) is 0 Å². The quantitative estimate of drug-likeness (QED) is 0.558. The summed E-state index contributed by atoms with van der Waals surface area (Å²) in [6, 6.07) is 14.1. The van der Waals surface area contributed by atoms with Gasteiger partial charge in [-0.05, 0) is 42.0 Å². The Labute approximate surface area is 199 Å². The topological polar surface area (TPSA) is 66.3 Å². The van der Waals surface area contributed by atoms with Crippen molar-refractivity contribution in [1.82, 2.24) is 25.0 Å². The van der Waals surface area contributed by atoms with Crippen molar-refractivity contribution in [3.63, 3.8) is 0 Å². The van der Waals surface area contributed by atoms with Crippen molar-refractivity contribution in [2.24, 2.45) is 0 Å². The first-order valence-corrected chi connectivity index (χ1v) is 11.6. The van der Waals surface area contributed by atoms with Gasteiger partial charge in [0.25, 0.3) is 5.91 Å². The fraction of sp³-hybridized carbons (Fsp3) is 0.346. The number of rotatable bonds is 8. The Morgan fingerprint density at radius 2 is 1.82 bits per heavy atom. The molecule has 0 radical (unpaired) electrons. The summed E-state index contributed by atoms with van der Waals surface area (Å²) in [4.78, 5) is 16.7. The van der Waals surface area contributed by atoms with Crippen LogP contribution in [0.25, 0.3) is 6.08 Å². The molecule has 2 aromatic carbocycles. The average molecular weight is 463 g/mol. The van der Waals surface area contributed by atoms with E-state index in [-0.39, 0.29) is 11.7 Å². The zero-order chi connectivity index (χ0) is 23.9. The first-order valence-electron chi connectivity index (χ1n) is 11.6. The summed E-state index contributed by atoms with van der Waals surface area (Å²) < 4.78 is 15.2. The Bertz CT molecular complexity index is 1120. The molecule has 4 rings (SSSR count). The summed E-state index contributed by atoms with van der Waals surface area (Å²) in [6.45, 7) is 4.02. The minimum absolute atomic E-state index is 0.218. The smallest absolute Gasteiger partial charge is 0.251 e. The molecule has 1 aliphatic rings. The van der Waals surface area contributed by atoms with Crippen LogP contribution >= 0.6 is 0 Å². The highest BCUT2D eigenvalue weighted by Crippen LogP contribution is 2.14. The van der Waals surface area contributed by atoms with Gasteiger partial charge in [0.15, 0.2) is 0 Å². The first-order chi connectivity index (χ1) is 16.5. The number of carbonyl (C=O) groups excluding carboxylic acids is 1. The predicted molar refractivity (Wildman–Crippen MR) is 132 cm³/mol. The number of benzene rings is 2. The molecule has 0 spiro atoms. The van der Waals surface area contributed by atoms with Crippen LogP contribution in [0.2, 0.25) is 0 Å². The minimum atomic E-state index is -0.356. The predicted octanol–water partition coefficient (Wildman–Crippen LogP) is 3.03. The molecule has 0 atom stereocenters. The van der Waals surface area contributed by atoms with E-state index >= 15 is 0 Å². The number of fused-ring (bicyclic) bond motifs is 1. The van der Waals surface area contributed by atoms with Gasteiger partial charge in [0.1, 0.15) is 17.5 Å². The van der Waals surface area contributed by atoms with Crippen LogP contribution in [-0.4, -0.2) is 65.8 Å². The summed E-state index contributed by atoms with van der Waals surface area (Å²) in [5.41, 5.74) is 2.83. The molecule has 0 bridgehead atoms. The second-order valence-electron chi connectivity index (χ2n) is 8.64. The van der Waals surface area contributed by atoms with Gasteiger partial charge in [-0.1, -0.05) is 24.3 Å². The number of nitrogens with one attached hydrogen (secondary N) is 1. The van der Waals surface area contributed by atoms with Crippen molar-refractivity contribution < 1.29 is 9.18 Å². The number of hydrogen-bond acceptors (Lipinski definition) is 5. The minimum Gasteiger partial charge on any atom is -0.378 e. The summed E-state index contributed by atoms with van der Waals surface area (Å²) in [7, 11) is 4.08. The van der Waals surface area contributed by atoms with Gasteiger partial charge >= 0.3 is 0 Å². The average Bonchev–Trinajstić information content (AvgIpc) is 3.10. The van der Waals surface area contributed by atoms with E-state index in [1.54, 1.807) is 0 Å². The number of anilines is 1. The number of hydrogen-bond donors (Lipinski definition) is 1. The summed E-state index contributed by atoms with van der Waals surface area (Å²) in [6.07, 6.45) is 5.83. The number of aromatic nitrogens is 3. The van der Waals surface area contributed by atoms with Crippen LogP contribution in [0.5, 0.6) is 0 Å². The van der Waals surface area contributed by atoms with Crippen LogP contribution in [-0.2, 0) is 19.4 Å². The lowest BCUT2D eigenvalue weighted by Crippen LogP contribution is -2.28. The van der Waals surface area contributed by atoms with Crippen molar-refractivity contribution >= 4 is 17.7 Å². The van der Waals surface area contributed by atoms with Gasteiger partial charge in [0.2, 0.25) is 0 Å². The standard InChI is InChI=1S/C26H31FN6O/c1-31(2)23-11-5-20(6-12-23)4-3-16-32-17-14-25-30-29-24(33(25)19-18-32)13-15-28-26(34)21-7-9-22(27)10-8-21/h3-12H,13-19H2,1-2H3,(H,28,34). The van der Waals surface area contributed by atoms with E-state index in [1.165, 1.54) is 35.5 Å². The van der Waals surface area contributed by atoms with Crippen LogP contribution in [0.4, 0.5) is 10.1 Å². The van der Waals surface area contributed by atoms with Crippen molar-refractivity contribution in [2.45, 2.75) is 19.4 Å². The van der Waals surface area contributed by atoms with Crippen LogP contribution < -0.4 is 10.2 Å². The fourth-order valence-corrected chi connectivity index (χ4v) is 4.01. The van der Waals surface area contributed by atoms with Gasteiger partial charge in [0.05, 0.1) is 0 Å². The fourth-order valence-electron chi connectivity index (χ4n) is 4.01. The highest BCUT2D eigenvalue weighted by Gasteiger charge is 2.18. The molecule has 7 nitrogen and oxygen atoms in total. The molecular formula is C26H31FN6O. The number of halogens is 1. The lowest BCUT2D eigenvalue weighted by molar-refractivity contribution is 0.0954. The molecule has 8 heteroatoms. The Hall–Kier alpha value is -3.52. The Morgan fingerprint density at radius 3 is 2.56 bits per heavy atom. The van der Waals surface area contributed by atoms with Crippen molar-refractivity contribution in [3.05, 3.63) is 83.2 Å². The van der Waals surface area contributed by atoms with Gasteiger partial charge < -0.3 is 14.8 Å². The second kappa shape index (κ2) is 11.1. The van der Waals surface area contributed by atoms with Gasteiger partial charge in [-0.15, -0.1) is 10.2 Å². The molecule has 0 aliphatic carbocycles. The summed E-state index contributed by atoms with van der Waals surface area (Å²) in [5.74, 6) is 1.30. The molecule has 0 saturated heterocycles. The van der Waals surface area contributed by atoms with Gasteiger partial charge in [-0.2, -0.15) is 0 Å². The molecule has 1 amide bonds. The van der Waals surface area contributed by atoms with E-state index in [0.29, 0.717) is 18.5 Å². The van der Waals surface area contributed by atoms with Crippen molar-refractivity contribution in [2.75, 3.05) is 45.2 Å². The van der Waals surface area contributed by atoms with E-state index in [1.807, 2.05) is 14.1 Å². The monoisotopic (exact) mass is 462 g/mol. The van der Waals surface area contributed by atoms with Gasteiger partial charge in [-0.25, -0.2) is 4.39 Å². The van der Waals surface area contributed by atoms with Crippen molar-refractivity contribution in [3.8, 4) is 0 Å². The van der Waals surface area contributed by atoms with Crippen LogP contribution in [0.1, 0.15) is 27.6 Å². The van der Waals surface area contributed by atoms with Crippen LogP contribution in [0, 0.1) is 5.82 Å². The highest BCUT2D eigenvalue weighted by molar-refractivity contribution is 5.94. The molecule has 0 fully saturated rings. The third-order valence-corrected chi connectivity index (χ3v) is 6.02. The molecule has 1 aliphatic heterocycles. The van der Waals surface area contributed by atoms with Gasteiger partial charge in [0, 0.05) is 70.9 Å². The van der Waals surface area contributed by atoms with E-state index < -0.39 is 0 Å². The molecule has 0 saturated carbocycles. The van der Waals surface area contributed by atoms with Crippen molar-refractivity contribution in [1.29, 1.82) is 0 Å². The molecule has 3 aromatic rings. The third-order valence-electron chi connectivity index (χ3n) is 6.02. The number of nitrogens with zero attached hydrogens (tertiary/aromatic N) is 5. The Balaban J connectivity index is 1.25. The highest BCUT2D eigenvalue weighted by atomic mass is 19.1. The lowest BCUT2D eigenvalue weighted by atomic mass is 10.2. The van der Waals surface area contributed by atoms with E-state index in [2.05, 4.69) is 66.3 Å². The normalized spacial score (nSPS) is 14.1. The van der Waals surface area contributed by atoms with Crippen LogP contribution in [0.15, 0.2) is 54.6 Å². The molecule has 34 heavy (non-hydrogen) atoms. The zero-order valence-corrected chi connectivity index (χ0v) is 19.7. The SMILES string of the molecule is CN(C)c1ccc(C=CCN2CCc3nnc(CCNC(=O)c4ccc(F)cc4)n3CC2)cc1. The van der Waals surface area contributed by atoms with E-state index in [0.717, 1.165) is 44.2 Å². The number of amides is 1. The maximum absolute atomic E-state index is 13.0. The number of carbonyl (C=O) groups is 1. The molecule has 178 valence electrons.